The van der Waals surface area contributed by atoms with Crippen molar-refractivity contribution in [2.24, 2.45) is 0 Å². The third kappa shape index (κ3) is 5.92. The molecule has 1 unspecified atom stereocenters. The first-order valence-electron chi connectivity index (χ1n) is 8.83. The number of nitrogens with one attached hydrogen (secondary N) is 2. The molecule has 138 valence electrons. The largest absolute Gasteiger partial charge is 0.326 e. The van der Waals surface area contributed by atoms with Crippen molar-refractivity contribution in [1.82, 2.24) is 0 Å². The Labute approximate surface area is 159 Å². The molecule has 0 aliphatic heterocycles. The number of benzene rings is 2. The second-order valence-electron chi connectivity index (χ2n) is 6.39. The topological polar surface area (TPSA) is 58.2 Å². The molecule has 0 heterocycles. The second-order valence-corrected chi connectivity index (χ2v) is 7.80. The minimum absolute atomic E-state index is 0.0223. The Morgan fingerprint density at radius 1 is 1.04 bits per heavy atom. The van der Waals surface area contributed by atoms with Gasteiger partial charge in [-0.25, -0.2) is 0 Å². The number of hydrogen-bond donors (Lipinski definition) is 2. The van der Waals surface area contributed by atoms with Crippen LogP contribution in [0.4, 0.5) is 11.4 Å². The quantitative estimate of drug-likeness (QED) is 0.662. The molecule has 2 N–H and O–H groups in total. The first kappa shape index (κ1) is 20.0. The molecule has 2 aromatic rings. The van der Waals surface area contributed by atoms with E-state index in [4.69, 9.17) is 0 Å². The fourth-order valence-corrected chi connectivity index (χ4v) is 3.38. The normalized spacial score (nSPS) is 11.7. The van der Waals surface area contributed by atoms with Gasteiger partial charge in [0, 0.05) is 22.7 Å². The van der Waals surface area contributed by atoms with E-state index >= 15 is 0 Å². The van der Waals surface area contributed by atoms with E-state index in [0.717, 1.165) is 28.3 Å². The molecule has 2 amide bonds. The molecular weight excluding hydrogens is 344 g/mol. The van der Waals surface area contributed by atoms with Crippen molar-refractivity contribution < 1.29 is 9.59 Å². The van der Waals surface area contributed by atoms with Crippen LogP contribution in [0.25, 0.3) is 0 Å². The first-order valence-corrected chi connectivity index (χ1v) is 9.71. The average molecular weight is 371 g/mol. The van der Waals surface area contributed by atoms with Gasteiger partial charge in [0.25, 0.3) is 0 Å². The van der Waals surface area contributed by atoms with E-state index in [0.29, 0.717) is 6.42 Å². The Morgan fingerprint density at radius 3 is 2.35 bits per heavy atom. The monoisotopic (exact) mass is 370 g/mol. The maximum Gasteiger partial charge on any atom is 0.237 e. The summed E-state index contributed by atoms with van der Waals surface area (Å²) in [4.78, 5) is 25.1. The zero-order valence-corrected chi connectivity index (χ0v) is 16.6. The predicted octanol–water partition coefficient (Wildman–Crippen LogP) is 5.16. The summed E-state index contributed by atoms with van der Waals surface area (Å²) >= 11 is 1.49. The lowest BCUT2D eigenvalue weighted by atomic mass is 10.1. The first-order chi connectivity index (χ1) is 12.4. The Kier molecular flexibility index (Phi) is 7.27. The van der Waals surface area contributed by atoms with Gasteiger partial charge in [-0.1, -0.05) is 24.6 Å². The van der Waals surface area contributed by atoms with Crippen molar-refractivity contribution in [1.29, 1.82) is 0 Å². The zero-order valence-electron chi connectivity index (χ0n) is 15.8. The van der Waals surface area contributed by atoms with Crippen LogP contribution in [0, 0.1) is 13.8 Å². The van der Waals surface area contributed by atoms with E-state index in [1.165, 1.54) is 17.3 Å². The van der Waals surface area contributed by atoms with E-state index in [1.807, 2.05) is 64.1 Å². The Balaban J connectivity index is 1.92. The summed E-state index contributed by atoms with van der Waals surface area (Å²) in [6.45, 7) is 7.89. The van der Waals surface area contributed by atoms with Crippen LogP contribution in [0.5, 0.6) is 0 Å². The van der Waals surface area contributed by atoms with Crippen molar-refractivity contribution in [3.8, 4) is 0 Å². The maximum atomic E-state index is 12.4. The minimum Gasteiger partial charge on any atom is -0.326 e. The molecule has 0 bridgehead atoms. The fourth-order valence-electron chi connectivity index (χ4n) is 2.51. The summed E-state index contributed by atoms with van der Waals surface area (Å²) in [5.41, 5.74) is 3.86. The molecular formula is C21H26N2O2S. The molecule has 2 aromatic carbocycles. The number of amides is 2. The van der Waals surface area contributed by atoms with Gasteiger partial charge in [0.15, 0.2) is 0 Å². The summed E-state index contributed by atoms with van der Waals surface area (Å²) in [5.74, 6) is -0.00334. The summed E-state index contributed by atoms with van der Waals surface area (Å²) in [5, 5.41) is 5.63. The van der Waals surface area contributed by atoms with Gasteiger partial charge in [0.2, 0.25) is 11.8 Å². The van der Waals surface area contributed by atoms with Gasteiger partial charge >= 0.3 is 0 Å². The molecule has 0 spiro atoms. The fraction of sp³-hybridized carbons (Fsp3) is 0.333. The number of aryl methyl sites for hydroxylation is 2. The number of thioether (sulfide) groups is 1. The minimum atomic E-state index is -0.226. The highest BCUT2D eigenvalue weighted by atomic mass is 32.2. The molecule has 0 radical (unpaired) electrons. The van der Waals surface area contributed by atoms with Crippen LogP contribution >= 0.6 is 11.8 Å². The standard InChI is InChI=1S/C21H26N2O2S/c1-5-6-20(24)22-17-8-10-18(11-9-17)26-16(4)21(25)23-19-12-7-14(2)13-15(19)3/h7-13,16H,5-6H2,1-4H3,(H,22,24)(H,23,25). The third-order valence-electron chi connectivity index (χ3n) is 3.94. The molecule has 1 atom stereocenters. The van der Waals surface area contributed by atoms with Crippen LogP contribution in [-0.4, -0.2) is 17.1 Å². The van der Waals surface area contributed by atoms with Crippen LogP contribution in [0.2, 0.25) is 0 Å². The molecule has 4 nitrogen and oxygen atoms in total. The van der Waals surface area contributed by atoms with E-state index < -0.39 is 0 Å². The Morgan fingerprint density at radius 2 is 1.73 bits per heavy atom. The molecule has 0 aromatic heterocycles. The van der Waals surface area contributed by atoms with Crippen molar-refractivity contribution in [3.63, 3.8) is 0 Å². The lowest BCUT2D eigenvalue weighted by molar-refractivity contribution is -0.116. The second kappa shape index (κ2) is 9.43. The molecule has 5 heteroatoms. The highest BCUT2D eigenvalue weighted by Crippen LogP contribution is 2.26. The van der Waals surface area contributed by atoms with Crippen molar-refractivity contribution in [2.75, 3.05) is 10.6 Å². The summed E-state index contributed by atoms with van der Waals surface area (Å²) in [6.07, 6.45) is 1.35. The van der Waals surface area contributed by atoms with Gasteiger partial charge < -0.3 is 10.6 Å². The molecule has 0 fully saturated rings. The van der Waals surface area contributed by atoms with E-state index in [2.05, 4.69) is 16.7 Å². The van der Waals surface area contributed by atoms with Gasteiger partial charge in [-0.2, -0.15) is 0 Å². The van der Waals surface area contributed by atoms with Gasteiger partial charge in [0.1, 0.15) is 0 Å². The highest BCUT2D eigenvalue weighted by molar-refractivity contribution is 8.00. The lowest BCUT2D eigenvalue weighted by Crippen LogP contribution is -2.22. The number of carbonyl (C=O) groups is 2. The van der Waals surface area contributed by atoms with Crippen LogP contribution in [-0.2, 0) is 9.59 Å². The van der Waals surface area contributed by atoms with Crippen molar-refractivity contribution in [2.45, 2.75) is 50.7 Å². The smallest absolute Gasteiger partial charge is 0.237 e. The molecule has 0 saturated heterocycles. The predicted molar refractivity (Wildman–Crippen MR) is 110 cm³/mol. The van der Waals surface area contributed by atoms with Crippen LogP contribution in [0.1, 0.15) is 37.8 Å². The van der Waals surface area contributed by atoms with Crippen LogP contribution in [0.15, 0.2) is 47.4 Å². The lowest BCUT2D eigenvalue weighted by Gasteiger charge is -2.14. The van der Waals surface area contributed by atoms with Gasteiger partial charge in [-0.15, -0.1) is 11.8 Å². The maximum absolute atomic E-state index is 12.4. The van der Waals surface area contributed by atoms with Crippen molar-refractivity contribution in [3.05, 3.63) is 53.6 Å². The Bertz CT molecular complexity index is 772. The van der Waals surface area contributed by atoms with E-state index in [1.54, 1.807) is 0 Å². The molecule has 26 heavy (non-hydrogen) atoms. The van der Waals surface area contributed by atoms with Gasteiger partial charge in [-0.05, 0) is 63.1 Å². The summed E-state index contributed by atoms with van der Waals surface area (Å²) in [6, 6.07) is 13.6. The van der Waals surface area contributed by atoms with Crippen LogP contribution < -0.4 is 10.6 Å². The Hall–Kier alpha value is -2.27. The molecule has 0 saturated carbocycles. The van der Waals surface area contributed by atoms with Gasteiger partial charge in [0.05, 0.1) is 5.25 Å². The SMILES string of the molecule is CCCC(=O)Nc1ccc(SC(C)C(=O)Nc2ccc(C)cc2C)cc1. The van der Waals surface area contributed by atoms with E-state index in [-0.39, 0.29) is 17.1 Å². The molecule has 0 aliphatic rings. The zero-order chi connectivity index (χ0) is 19.1. The molecule has 2 rings (SSSR count). The van der Waals surface area contributed by atoms with E-state index in [9.17, 15) is 9.59 Å². The van der Waals surface area contributed by atoms with Gasteiger partial charge in [-0.3, -0.25) is 9.59 Å². The average Bonchev–Trinajstić information content (AvgIpc) is 2.59. The number of carbonyl (C=O) groups excluding carboxylic acids is 2. The number of hydrogen-bond acceptors (Lipinski definition) is 3. The third-order valence-corrected chi connectivity index (χ3v) is 5.05. The summed E-state index contributed by atoms with van der Waals surface area (Å²) in [7, 11) is 0. The number of rotatable bonds is 7. The molecule has 0 aliphatic carbocycles. The number of anilines is 2. The van der Waals surface area contributed by atoms with Crippen LogP contribution in [0.3, 0.4) is 0 Å². The highest BCUT2D eigenvalue weighted by Gasteiger charge is 2.15. The van der Waals surface area contributed by atoms with Crippen molar-refractivity contribution >= 4 is 35.0 Å². The summed E-state index contributed by atoms with van der Waals surface area (Å²) < 4.78 is 0.